The summed E-state index contributed by atoms with van der Waals surface area (Å²) >= 11 is 0. The van der Waals surface area contributed by atoms with Gasteiger partial charge in [0.15, 0.2) is 0 Å². The van der Waals surface area contributed by atoms with Crippen molar-refractivity contribution in [2.75, 3.05) is 46.1 Å². The van der Waals surface area contributed by atoms with E-state index in [-0.39, 0.29) is 0 Å². The van der Waals surface area contributed by atoms with Crippen molar-refractivity contribution in [2.24, 2.45) is 0 Å². The van der Waals surface area contributed by atoms with Crippen LogP contribution in [0.2, 0.25) is 6.04 Å². The fourth-order valence-electron chi connectivity index (χ4n) is 3.23. The standard InChI is InChI=1S/C19H31NO3Si/c1-4-18-9-7-10-19(17-18)24(22-5-2,23-6-3)16-8-11-20-12-14-21-15-13-20/h4,7,9-10,17H,1,5-6,8,11-16H2,2-3H3. The Hall–Kier alpha value is -0.983. The number of ether oxygens (including phenoxy) is 1. The van der Waals surface area contributed by atoms with E-state index < -0.39 is 8.56 Å². The molecule has 0 N–H and O–H groups in total. The van der Waals surface area contributed by atoms with Gasteiger partial charge in [-0.2, -0.15) is 0 Å². The molecule has 24 heavy (non-hydrogen) atoms. The smallest absolute Gasteiger partial charge is 0.372 e. The van der Waals surface area contributed by atoms with Crippen molar-refractivity contribution in [1.29, 1.82) is 0 Å². The average molecular weight is 350 g/mol. The lowest BCUT2D eigenvalue weighted by Gasteiger charge is -2.32. The molecule has 0 saturated carbocycles. The molecule has 4 nitrogen and oxygen atoms in total. The summed E-state index contributed by atoms with van der Waals surface area (Å²) in [5, 5.41) is 1.21. The molecule has 1 aliphatic heterocycles. The fraction of sp³-hybridized carbons (Fsp3) is 0.579. The number of hydrogen-bond acceptors (Lipinski definition) is 4. The number of hydrogen-bond donors (Lipinski definition) is 0. The Bertz CT molecular complexity index is 497. The summed E-state index contributed by atoms with van der Waals surface area (Å²) in [6, 6.07) is 9.46. The van der Waals surface area contributed by atoms with E-state index in [1.54, 1.807) is 0 Å². The Morgan fingerprint density at radius 2 is 1.92 bits per heavy atom. The summed E-state index contributed by atoms with van der Waals surface area (Å²) in [5.74, 6) is 0. The Balaban J connectivity index is 2.10. The third kappa shape index (κ3) is 5.26. The van der Waals surface area contributed by atoms with E-state index in [0.29, 0.717) is 13.2 Å². The van der Waals surface area contributed by atoms with Crippen LogP contribution in [0.5, 0.6) is 0 Å². The molecule has 0 bridgehead atoms. The predicted octanol–water partition coefficient (Wildman–Crippen LogP) is 2.77. The summed E-state index contributed by atoms with van der Waals surface area (Å²) in [6.45, 7) is 14.2. The second-order valence-corrected chi connectivity index (χ2v) is 9.17. The highest BCUT2D eigenvalue weighted by Gasteiger charge is 2.39. The summed E-state index contributed by atoms with van der Waals surface area (Å²) in [5.41, 5.74) is 1.12. The van der Waals surface area contributed by atoms with Gasteiger partial charge in [0.1, 0.15) is 0 Å². The van der Waals surface area contributed by atoms with Gasteiger partial charge in [-0.05, 0) is 43.6 Å². The topological polar surface area (TPSA) is 30.9 Å². The zero-order valence-corrected chi connectivity index (χ0v) is 16.1. The molecular weight excluding hydrogens is 318 g/mol. The summed E-state index contributed by atoms with van der Waals surface area (Å²) in [6.07, 6.45) is 2.97. The van der Waals surface area contributed by atoms with Crippen molar-refractivity contribution in [3.63, 3.8) is 0 Å². The van der Waals surface area contributed by atoms with Gasteiger partial charge >= 0.3 is 8.56 Å². The predicted molar refractivity (Wildman–Crippen MR) is 102 cm³/mol. The lowest BCUT2D eigenvalue weighted by atomic mass is 10.2. The van der Waals surface area contributed by atoms with Crippen molar-refractivity contribution in [2.45, 2.75) is 26.3 Å². The summed E-state index contributed by atoms with van der Waals surface area (Å²) in [4.78, 5) is 2.47. The Kier molecular flexibility index (Phi) is 8.15. The minimum atomic E-state index is -2.41. The Morgan fingerprint density at radius 3 is 2.54 bits per heavy atom. The lowest BCUT2D eigenvalue weighted by molar-refractivity contribution is 0.0376. The second kappa shape index (κ2) is 10.1. The molecule has 0 amide bonds. The van der Waals surface area contributed by atoms with Crippen LogP contribution in [-0.2, 0) is 13.6 Å². The molecule has 134 valence electrons. The van der Waals surface area contributed by atoms with E-state index in [0.717, 1.165) is 50.9 Å². The van der Waals surface area contributed by atoms with Crippen LogP contribution in [0.1, 0.15) is 25.8 Å². The summed E-state index contributed by atoms with van der Waals surface area (Å²) < 4.78 is 18.0. The average Bonchev–Trinajstić information content (AvgIpc) is 2.63. The molecule has 1 aromatic rings. The largest absolute Gasteiger partial charge is 0.391 e. The monoisotopic (exact) mass is 349 g/mol. The van der Waals surface area contributed by atoms with Gasteiger partial charge in [-0.25, -0.2) is 0 Å². The first-order valence-corrected chi connectivity index (χ1v) is 11.1. The maximum Gasteiger partial charge on any atom is 0.372 e. The fourth-order valence-corrected chi connectivity index (χ4v) is 6.51. The van der Waals surface area contributed by atoms with Crippen molar-refractivity contribution < 1.29 is 13.6 Å². The van der Waals surface area contributed by atoms with E-state index in [1.807, 2.05) is 6.08 Å². The molecule has 0 unspecified atom stereocenters. The first-order valence-electron chi connectivity index (χ1n) is 9.05. The van der Waals surface area contributed by atoms with Crippen molar-refractivity contribution in [1.82, 2.24) is 4.90 Å². The second-order valence-electron chi connectivity index (χ2n) is 6.01. The van der Waals surface area contributed by atoms with Gasteiger partial charge in [0, 0.05) is 26.3 Å². The molecule has 1 saturated heterocycles. The van der Waals surface area contributed by atoms with Crippen LogP contribution >= 0.6 is 0 Å². The van der Waals surface area contributed by atoms with Gasteiger partial charge in [-0.15, -0.1) is 0 Å². The maximum atomic E-state index is 6.28. The summed E-state index contributed by atoms with van der Waals surface area (Å²) in [7, 11) is -2.41. The molecule has 1 aliphatic rings. The third-order valence-electron chi connectivity index (χ3n) is 4.40. The van der Waals surface area contributed by atoms with Gasteiger partial charge in [-0.1, -0.05) is 36.9 Å². The van der Waals surface area contributed by atoms with Crippen LogP contribution in [0.3, 0.4) is 0 Å². The van der Waals surface area contributed by atoms with Gasteiger partial charge in [-0.3, -0.25) is 4.90 Å². The maximum absolute atomic E-state index is 6.28. The molecule has 0 aromatic heterocycles. The van der Waals surface area contributed by atoms with E-state index in [2.05, 4.69) is 49.6 Å². The molecule has 1 aromatic carbocycles. The number of nitrogens with zero attached hydrogens (tertiary/aromatic N) is 1. The van der Waals surface area contributed by atoms with E-state index in [1.165, 1.54) is 5.19 Å². The highest BCUT2D eigenvalue weighted by atomic mass is 28.4. The molecular formula is C19H31NO3Si. The third-order valence-corrected chi connectivity index (χ3v) is 8.11. The van der Waals surface area contributed by atoms with Gasteiger partial charge in [0.05, 0.1) is 13.2 Å². The molecule has 0 atom stereocenters. The molecule has 0 aliphatic carbocycles. The van der Waals surface area contributed by atoms with Crippen LogP contribution in [-0.4, -0.2) is 59.5 Å². The zero-order chi connectivity index (χ0) is 17.3. The molecule has 5 heteroatoms. The minimum absolute atomic E-state index is 0.683. The molecule has 1 heterocycles. The first kappa shape index (κ1) is 19.3. The number of rotatable bonds is 10. The van der Waals surface area contributed by atoms with Crippen molar-refractivity contribution in [3.8, 4) is 0 Å². The van der Waals surface area contributed by atoms with Crippen LogP contribution in [0, 0.1) is 0 Å². The van der Waals surface area contributed by atoms with E-state index >= 15 is 0 Å². The van der Waals surface area contributed by atoms with Gasteiger partial charge in [0.25, 0.3) is 0 Å². The molecule has 1 fully saturated rings. The van der Waals surface area contributed by atoms with Crippen LogP contribution in [0.4, 0.5) is 0 Å². The minimum Gasteiger partial charge on any atom is -0.391 e. The van der Waals surface area contributed by atoms with E-state index in [4.69, 9.17) is 13.6 Å². The normalized spacial score (nSPS) is 16.2. The Morgan fingerprint density at radius 1 is 1.21 bits per heavy atom. The number of benzene rings is 1. The molecule has 0 radical (unpaired) electrons. The SMILES string of the molecule is C=Cc1cccc([Si](CCCN2CCOCC2)(OCC)OCC)c1. The highest BCUT2D eigenvalue weighted by Crippen LogP contribution is 2.18. The van der Waals surface area contributed by atoms with Crippen LogP contribution in [0.25, 0.3) is 6.08 Å². The van der Waals surface area contributed by atoms with Crippen molar-refractivity contribution in [3.05, 3.63) is 36.4 Å². The highest BCUT2D eigenvalue weighted by molar-refractivity contribution is 6.81. The number of morpholine rings is 1. The van der Waals surface area contributed by atoms with E-state index in [9.17, 15) is 0 Å². The molecule has 0 spiro atoms. The van der Waals surface area contributed by atoms with Crippen LogP contribution in [0.15, 0.2) is 30.8 Å². The van der Waals surface area contributed by atoms with Gasteiger partial charge in [0.2, 0.25) is 0 Å². The van der Waals surface area contributed by atoms with Gasteiger partial charge < -0.3 is 13.6 Å². The lowest BCUT2D eigenvalue weighted by Crippen LogP contribution is -2.54. The first-order chi connectivity index (χ1) is 11.7. The van der Waals surface area contributed by atoms with Crippen LogP contribution < -0.4 is 5.19 Å². The molecule has 2 rings (SSSR count). The quantitative estimate of drug-likeness (QED) is 0.608. The zero-order valence-electron chi connectivity index (χ0n) is 15.1. The Labute approximate surface area is 147 Å². The van der Waals surface area contributed by atoms with Crippen molar-refractivity contribution >= 4 is 19.8 Å².